The first kappa shape index (κ1) is 27.1. The molecule has 0 radical (unpaired) electrons. The first-order valence-corrected chi connectivity index (χ1v) is 13.7. The van der Waals surface area contributed by atoms with Crippen molar-refractivity contribution < 1.29 is 18.9 Å². The molecule has 0 aliphatic carbocycles. The average molecular weight is 533 g/mol. The van der Waals surface area contributed by atoms with Gasteiger partial charge >= 0.3 is 0 Å². The van der Waals surface area contributed by atoms with E-state index < -0.39 is 0 Å². The zero-order valence-electron chi connectivity index (χ0n) is 24.1. The van der Waals surface area contributed by atoms with Crippen LogP contribution in [0.2, 0.25) is 0 Å². The Balaban J connectivity index is 0.000000161. The van der Waals surface area contributed by atoms with Crippen LogP contribution in [-0.2, 0) is 12.8 Å². The predicted octanol–water partition coefficient (Wildman–Crippen LogP) is 9.15. The van der Waals surface area contributed by atoms with E-state index in [4.69, 9.17) is 18.9 Å². The van der Waals surface area contributed by atoms with Crippen LogP contribution in [0, 0.1) is 0 Å². The van der Waals surface area contributed by atoms with E-state index in [9.17, 15) is 0 Å². The van der Waals surface area contributed by atoms with E-state index in [-0.39, 0.29) is 0 Å². The Morgan fingerprint density at radius 2 is 0.650 bits per heavy atom. The van der Waals surface area contributed by atoms with Crippen LogP contribution in [0.1, 0.15) is 25.0 Å². The summed E-state index contributed by atoms with van der Waals surface area (Å²) in [7, 11) is 6.90. The molecule has 6 aromatic carbocycles. The van der Waals surface area contributed by atoms with Crippen LogP contribution >= 0.6 is 0 Å². The second-order valence-electron chi connectivity index (χ2n) is 9.69. The molecule has 204 valence electrons. The summed E-state index contributed by atoms with van der Waals surface area (Å²) in [4.78, 5) is 0. The van der Waals surface area contributed by atoms with Crippen molar-refractivity contribution in [1.82, 2.24) is 0 Å². The van der Waals surface area contributed by atoms with E-state index in [0.29, 0.717) is 0 Å². The van der Waals surface area contributed by atoms with Gasteiger partial charge in [0, 0.05) is 43.1 Å². The number of rotatable bonds is 6. The number of fused-ring (bicyclic) bond motifs is 4. The maximum atomic E-state index is 5.68. The van der Waals surface area contributed by atoms with Crippen molar-refractivity contribution in [2.24, 2.45) is 0 Å². The van der Waals surface area contributed by atoms with Gasteiger partial charge in [-0.25, -0.2) is 0 Å². The lowest BCUT2D eigenvalue weighted by molar-refractivity contribution is 0.417. The van der Waals surface area contributed by atoms with Crippen molar-refractivity contribution in [1.29, 1.82) is 0 Å². The lowest BCUT2D eigenvalue weighted by Crippen LogP contribution is -1.93. The largest absolute Gasteiger partial charge is 0.495 e. The third-order valence-corrected chi connectivity index (χ3v) is 7.61. The maximum absolute atomic E-state index is 5.68. The van der Waals surface area contributed by atoms with E-state index in [1.54, 1.807) is 28.4 Å². The molecular weight excluding hydrogens is 496 g/mol. The topological polar surface area (TPSA) is 36.9 Å². The number of hydrogen-bond acceptors (Lipinski definition) is 4. The van der Waals surface area contributed by atoms with E-state index in [1.165, 1.54) is 11.1 Å². The SMILES string of the molecule is CCc1ccc2c(OC)c3ccccc3c(OC)c2c1.CCc1ccc2c(OC)c3ccccc3c(OC)c2c1. The van der Waals surface area contributed by atoms with Crippen LogP contribution in [-0.4, -0.2) is 28.4 Å². The minimum atomic E-state index is 0.916. The summed E-state index contributed by atoms with van der Waals surface area (Å²) in [5.41, 5.74) is 2.60. The minimum absolute atomic E-state index is 0.916. The summed E-state index contributed by atoms with van der Waals surface area (Å²) < 4.78 is 22.7. The van der Waals surface area contributed by atoms with Gasteiger partial charge in [-0.05, 0) is 36.1 Å². The molecule has 0 N–H and O–H groups in total. The second kappa shape index (κ2) is 11.7. The van der Waals surface area contributed by atoms with Crippen molar-refractivity contribution in [3.63, 3.8) is 0 Å². The number of aryl methyl sites for hydroxylation is 2. The number of ether oxygens (including phenoxy) is 4. The molecule has 0 bridgehead atoms. The zero-order chi connectivity index (χ0) is 28.2. The maximum Gasteiger partial charge on any atom is 0.134 e. The summed E-state index contributed by atoms with van der Waals surface area (Å²) in [6.45, 7) is 4.32. The normalized spacial score (nSPS) is 10.9. The molecule has 0 saturated heterocycles. The van der Waals surface area contributed by atoms with Crippen molar-refractivity contribution in [2.45, 2.75) is 26.7 Å². The number of methoxy groups -OCH3 is 4. The van der Waals surface area contributed by atoms with Crippen molar-refractivity contribution in [2.75, 3.05) is 28.4 Å². The Labute approximate surface area is 236 Å². The van der Waals surface area contributed by atoms with E-state index >= 15 is 0 Å². The van der Waals surface area contributed by atoms with Crippen LogP contribution in [0.5, 0.6) is 23.0 Å². The summed E-state index contributed by atoms with van der Waals surface area (Å²) in [6, 6.07) is 29.4. The molecule has 0 atom stereocenters. The van der Waals surface area contributed by atoms with Crippen molar-refractivity contribution in [3.05, 3.63) is 96.1 Å². The zero-order valence-corrected chi connectivity index (χ0v) is 24.1. The third kappa shape index (κ3) is 4.64. The lowest BCUT2D eigenvalue weighted by atomic mass is 9.98. The Hall–Kier alpha value is -4.44. The molecule has 40 heavy (non-hydrogen) atoms. The molecule has 0 fully saturated rings. The fraction of sp³-hybridized carbons (Fsp3) is 0.222. The van der Waals surface area contributed by atoms with Gasteiger partial charge in [-0.15, -0.1) is 0 Å². The first-order valence-electron chi connectivity index (χ1n) is 13.7. The smallest absolute Gasteiger partial charge is 0.134 e. The summed E-state index contributed by atoms with van der Waals surface area (Å²) >= 11 is 0. The summed E-state index contributed by atoms with van der Waals surface area (Å²) in [5, 5.41) is 8.78. The second-order valence-corrected chi connectivity index (χ2v) is 9.69. The fourth-order valence-corrected chi connectivity index (χ4v) is 5.61. The molecule has 0 aliphatic rings. The Morgan fingerprint density at radius 1 is 0.375 bits per heavy atom. The molecule has 6 rings (SSSR count). The van der Waals surface area contributed by atoms with E-state index in [1.807, 2.05) is 24.3 Å². The minimum Gasteiger partial charge on any atom is -0.495 e. The first-order chi connectivity index (χ1) is 19.6. The molecule has 6 aromatic rings. The molecular formula is C36H36O4. The number of benzene rings is 6. The molecule has 0 aliphatic heterocycles. The van der Waals surface area contributed by atoms with E-state index in [0.717, 1.165) is 78.9 Å². The molecule has 0 aromatic heterocycles. The van der Waals surface area contributed by atoms with Crippen molar-refractivity contribution in [3.8, 4) is 23.0 Å². The van der Waals surface area contributed by atoms with Crippen LogP contribution in [0.25, 0.3) is 43.1 Å². The van der Waals surface area contributed by atoms with Gasteiger partial charge < -0.3 is 18.9 Å². The number of hydrogen-bond donors (Lipinski definition) is 0. The molecule has 4 nitrogen and oxygen atoms in total. The quantitative estimate of drug-likeness (QED) is 0.200. The highest BCUT2D eigenvalue weighted by Crippen LogP contribution is 2.44. The predicted molar refractivity (Wildman–Crippen MR) is 168 cm³/mol. The molecule has 0 heterocycles. The Bertz CT molecular complexity index is 1690. The van der Waals surface area contributed by atoms with Crippen LogP contribution in [0.3, 0.4) is 0 Å². The third-order valence-electron chi connectivity index (χ3n) is 7.61. The van der Waals surface area contributed by atoms with Gasteiger partial charge in [0.15, 0.2) is 0 Å². The van der Waals surface area contributed by atoms with Crippen LogP contribution in [0.4, 0.5) is 0 Å². The molecule has 0 unspecified atom stereocenters. The van der Waals surface area contributed by atoms with Gasteiger partial charge in [0.25, 0.3) is 0 Å². The summed E-state index contributed by atoms with van der Waals surface area (Å²) in [5.74, 6) is 3.68. The van der Waals surface area contributed by atoms with Crippen molar-refractivity contribution >= 4 is 43.1 Å². The standard InChI is InChI=1S/2C18H18O2/c2*1-4-12-9-10-15-16(11-12)18(20-3)14-8-6-5-7-13(14)17(15)19-2/h2*5-11H,4H2,1-3H3. The van der Waals surface area contributed by atoms with Gasteiger partial charge in [-0.2, -0.15) is 0 Å². The molecule has 4 heteroatoms. The molecule has 0 saturated carbocycles. The Kier molecular flexibility index (Phi) is 7.97. The van der Waals surface area contributed by atoms with Gasteiger partial charge in [0.2, 0.25) is 0 Å². The highest BCUT2D eigenvalue weighted by atomic mass is 16.5. The highest BCUT2D eigenvalue weighted by molar-refractivity contribution is 6.12. The van der Waals surface area contributed by atoms with Crippen LogP contribution < -0.4 is 18.9 Å². The molecule has 0 amide bonds. The van der Waals surface area contributed by atoms with Crippen LogP contribution in [0.15, 0.2) is 84.9 Å². The van der Waals surface area contributed by atoms with Gasteiger partial charge in [-0.3, -0.25) is 0 Å². The van der Waals surface area contributed by atoms with Gasteiger partial charge in [0.05, 0.1) is 28.4 Å². The Morgan fingerprint density at radius 3 is 0.925 bits per heavy atom. The highest BCUT2D eigenvalue weighted by Gasteiger charge is 2.16. The fourth-order valence-electron chi connectivity index (χ4n) is 5.61. The van der Waals surface area contributed by atoms with Gasteiger partial charge in [-0.1, -0.05) is 86.6 Å². The lowest BCUT2D eigenvalue weighted by Gasteiger charge is -2.15. The monoisotopic (exact) mass is 532 g/mol. The van der Waals surface area contributed by atoms with Gasteiger partial charge in [0.1, 0.15) is 23.0 Å². The van der Waals surface area contributed by atoms with E-state index in [2.05, 4.69) is 74.5 Å². The average Bonchev–Trinajstić information content (AvgIpc) is 3.02. The summed E-state index contributed by atoms with van der Waals surface area (Å²) in [6.07, 6.45) is 2.02. The molecule has 0 spiro atoms.